The molecule has 2 aromatic rings. The van der Waals surface area contributed by atoms with Crippen LogP contribution < -0.4 is 10.6 Å². The third-order valence-corrected chi connectivity index (χ3v) is 4.89. The number of halogens is 1. The van der Waals surface area contributed by atoms with Crippen LogP contribution in [-0.4, -0.2) is 31.1 Å². The molecule has 0 spiro atoms. The highest BCUT2D eigenvalue weighted by Gasteiger charge is 2.16. The van der Waals surface area contributed by atoms with Crippen molar-refractivity contribution < 1.29 is 14.3 Å². The van der Waals surface area contributed by atoms with Gasteiger partial charge in [0.15, 0.2) is 0 Å². The number of carbonyl (C=O) groups is 2. The van der Waals surface area contributed by atoms with Crippen molar-refractivity contribution in [1.29, 1.82) is 0 Å². The predicted molar refractivity (Wildman–Crippen MR) is 106 cm³/mol. The molecule has 0 aromatic heterocycles. The maximum Gasteiger partial charge on any atom is 0.251 e. The lowest BCUT2D eigenvalue weighted by Gasteiger charge is -2.11. The number of rotatable bonds is 7. The lowest BCUT2D eigenvalue weighted by molar-refractivity contribution is -0.116. The van der Waals surface area contributed by atoms with Crippen LogP contribution in [0.2, 0.25) is 5.02 Å². The van der Waals surface area contributed by atoms with E-state index in [1.54, 1.807) is 24.3 Å². The SMILES string of the molecule is O=C(CCc1ccccc1Cl)Nc1ccc(C(=O)NCC2CCCO2)cc1. The quantitative estimate of drug-likeness (QED) is 0.760. The first-order chi connectivity index (χ1) is 13.1. The molecule has 5 nitrogen and oxygen atoms in total. The zero-order valence-corrected chi connectivity index (χ0v) is 15.8. The van der Waals surface area contributed by atoms with E-state index in [1.165, 1.54) is 0 Å². The topological polar surface area (TPSA) is 67.4 Å². The molecular formula is C21H23ClN2O3. The second-order valence-electron chi connectivity index (χ2n) is 6.56. The maximum absolute atomic E-state index is 12.2. The minimum atomic E-state index is -0.137. The molecule has 6 heteroatoms. The minimum absolute atomic E-state index is 0.0921. The van der Waals surface area contributed by atoms with E-state index in [4.69, 9.17) is 16.3 Å². The van der Waals surface area contributed by atoms with Crippen molar-refractivity contribution in [3.63, 3.8) is 0 Å². The fourth-order valence-electron chi connectivity index (χ4n) is 2.99. The third kappa shape index (κ3) is 5.81. The number of amides is 2. The van der Waals surface area contributed by atoms with Gasteiger partial charge in [-0.1, -0.05) is 29.8 Å². The van der Waals surface area contributed by atoms with E-state index in [2.05, 4.69) is 10.6 Å². The summed E-state index contributed by atoms with van der Waals surface area (Å²) in [6.45, 7) is 1.30. The highest BCUT2D eigenvalue weighted by Crippen LogP contribution is 2.17. The summed E-state index contributed by atoms with van der Waals surface area (Å²) in [5, 5.41) is 6.39. The second-order valence-corrected chi connectivity index (χ2v) is 6.97. The zero-order chi connectivity index (χ0) is 19.1. The first kappa shape index (κ1) is 19.4. The predicted octanol–water partition coefficient (Wildman–Crippen LogP) is 3.82. The molecule has 27 heavy (non-hydrogen) atoms. The Hall–Kier alpha value is -2.37. The van der Waals surface area contributed by atoms with Gasteiger partial charge in [-0.25, -0.2) is 0 Å². The van der Waals surface area contributed by atoms with Crippen LogP contribution >= 0.6 is 11.6 Å². The summed E-state index contributed by atoms with van der Waals surface area (Å²) < 4.78 is 5.49. The van der Waals surface area contributed by atoms with Gasteiger partial charge in [0.1, 0.15) is 0 Å². The van der Waals surface area contributed by atoms with Crippen LogP contribution in [0, 0.1) is 0 Å². The summed E-state index contributed by atoms with van der Waals surface area (Å²) in [5.41, 5.74) is 2.17. The van der Waals surface area contributed by atoms with E-state index in [1.807, 2.05) is 24.3 Å². The number of benzene rings is 2. The number of hydrogen-bond acceptors (Lipinski definition) is 3. The standard InChI is InChI=1S/C21H23ClN2O3/c22-19-6-2-1-4-15(19)9-12-20(25)24-17-10-7-16(8-11-17)21(26)23-14-18-5-3-13-27-18/h1-2,4,6-8,10-11,18H,3,5,9,12-14H2,(H,23,26)(H,24,25). The van der Waals surface area contributed by atoms with Gasteiger partial charge in [0.25, 0.3) is 5.91 Å². The molecule has 1 aliphatic heterocycles. The van der Waals surface area contributed by atoms with E-state index >= 15 is 0 Å². The Labute approximate surface area is 164 Å². The molecule has 2 aromatic carbocycles. The summed E-state index contributed by atoms with van der Waals surface area (Å²) in [6, 6.07) is 14.4. The van der Waals surface area contributed by atoms with Crippen molar-refractivity contribution in [1.82, 2.24) is 5.32 Å². The van der Waals surface area contributed by atoms with Crippen LogP contribution in [-0.2, 0) is 16.0 Å². The normalized spacial score (nSPS) is 16.1. The summed E-state index contributed by atoms with van der Waals surface area (Å²) in [6.07, 6.45) is 3.07. The molecule has 3 rings (SSSR count). The van der Waals surface area contributed by atoms with Crippen LogP contribution in [0.25, 0.3) is 0 Å². The molecule has 0 bridgehead atoms. The average Bonchev–Trinajstić information content (AvgIpc) is 3.20. The maximum atomic E-state index is 12.2. The first-order valence-electron chi connectivity index (χ1n) is 9.15. The van der Waals surface area contributed by atoms with E-state index in [9.17, 15) is 9.59 Å². The number of carbonyl (C=O) groups excluding carboxylic acids is 2. The molecule has 1 atom stereocenters. The number of nitrogens with one attached hydrogen (secondary N) is 2. The summed E-state index contributed by atoms with van der Waals surface area (Å²) >= 11 is 6.10. The van der Waals surface area contributed by atoms with E-state index in [0.29, 0.717) is 35.7 Å². The molecule has 142 valence electrons. The minimum Gasteiger partial charge on any atom is -0.376 e. The average molecular weight is 387 g/mol. The van der Waals surface area contributed by atoms with Crippen LogP contribution in [0.1, 0.15) is 35.2 Å². The van der Waals surface area contributed by atoms with Crippen LogP contribution in [0.4, 0.5) is 5.69 Å². The van der Waals surface area contributed by atoms with Crippen LogP contribution in [0.5, 0.6) is 0 Å². The van der Waals surface area contributed by atoms with Gasteiger partial charge in [-0.15, -0.1) is 0 Å². The van der Waals surface area contributed by atoms with E-state index in [0.717, 1.165) is 25.0 Å². The van der Waals surface area contributed by atoms with Gasteiger partial charge in [-0.05, 0) is 55.2 Å². The van der Waals surface area contributed by atoms with Gasteiger partial charge in [0.05, 0.1) is 6.10 Å². The Kier molecular flexibility index (Phi) is 6.85. The number of aryl methyl sites for hydroxylation is 1. The molecule has 1 aliphatic rings. The molecule has 2 amide bonds. The smallest absolute Gasteiger partial charge is 0.251 e. The lowest BCUT2D eigenvalue weighted by atomic mass is 10.1. The molecule has 1 fully saturated rings. The van der Waals surface area contributed by atoms with Crippen molar-refractivity contribution in [2.75, 3.05) is 18.5 Å². The summed E-state index contributed by atoms with van der Waals surface area (Å²) in [5.74, 6) is -0.229. The monoisotopic (exact) mass is 386 g/mol. The highest BCUT2D eigenvalue weighted by molar-refractivity contribution is 6.31. The van der Waals surface area contributed by atoms with E-state index < -0.39 is 0 Å². The summed E-state index contributed by atoms with van der Waals surface area (Å²) in [4.78, 5) is 24.3. The van der Waals surface area contributed by atoms with Gasteiger partial charge < -0.3 is 15.4 Å². The number of anilines is 1. The van der Waals surface area contributed by atoms with Crippen molar-refractivity contribution >= 4 is 29.1 Å². The fourth-order valence-corrected chi connectivity index (χ4v) is 3.22. The molecule has 1 saturated heterocycles. The Morgan fingerprint density at radius 1 is 1.11 bits per heavy atom. The van der Waals surface area contributed by atoms with Crippen LogP contribution in [0.3, 0.4) is 0 Å². The van der Waals surface area contributed by atoms with Crippen molar-refractivity contribution in [3.05, 3.63) is 64.7 Å². The second kappa shape index (κ2) is 9.53. The Morgan fingerprint density at radius 2 is 1.89 bits per heavy atom. The van der Waals surface area contributed by atoms with Crippen molar-refractivity contribution in [3.8, 4) is 0 Å². The van der Waals surface area contributed by atoms with Gasteiger partial charge in [-0.3, -0.25) is 9.59 Å². The molecule has 1 heterocycles. The highest BCUT2D eigenvalue weighted by atomic mass is 35.5. The Balaban J connectivity index is 1.45. The Bertz CT molecular complexity index is 786. The Morgan fingerprint density at radius 3 is 2.59 bits per heavy atom. The zero-order valence-electron chi connectivity index (χ0n) is 15.0. The first-order valence-corrected chi connectivity index (χ1v) is 9.53. The van der Waals surface area contributed by atoms with Gasteiger partial charge in [-0.2, -0.15) is 0 Å². The summed E-state index contributed by atoms with van der Waals surface area (Å²) in [7, 11) is 0. The molecule has 0 aliphatic carbocycles. The number of ether oxygens (including phenoxy) is 1. The lowest BCUT2D eigenvalue weighted by Crippen LogP contribution is -2.31. The number of hydrogen-bond donors (Lipinski definition) is 2. The molecular weight excluding hydrogens is 364 g/mol. The van der Waals surface area contributed by atoms with Gasteiger partial charge in [0, 0.05) is 35.8 Å². The van der Waals surface area contributed by atoms with Gasteiger partial charge >= 0.3 is 0 Å². The largest absolute Gasteiger partial charge is 0.376 e. The molecule has 0 saturated carbocycles. The molecule has 1 unspecified atom stereocenters. The van der Waals surface area contributed by atoms with E-state index in [-0.39, 0.29) is 17.9 Å². The molecule has 0 radical (unpaired) electrons. The molecule has 2 N–H and O–H groups in total. The van der Waals surface area contributed by atoms with Crippen LogP contribution in [0.15, 0.2) is 48.5 Å². The third-order valence-electron chi connectivity index (χ3n) is 4.52. The van der Waals surface area contributed by atoms with Crippen molar-refractivity contribution in [2.24, 2.45) is 0 Å². The van der Waals surface area contributed by atoms with Gasteiger partial charge in [0.2, 0.25) is 5.91 Å². The fraction of sp³-hybridized carbons (Fsp3) is 0.333. The van der Waals surface area contributed by atoms with Crippen molar-refractivity contribution in [2.45, 2.75) is 31.8 Å².